The largest absolute Gasteiger partial charge is 0.385 e. The van der Waals surface area contributed by atoms with E-state index >= 15 is 0 Å². The van der Waals surface area contributed by atoms with Gasteiger partial charge in [-0.25, -0.2) is 0 Å². The van der Waals surface area contributed by atoms with E-state index in [0.717, 1.165) is 17.7 Å². The normalized spacial score (nSPS) is 12.0. The molecule has 3 N–H and O–H groups in total. The van der Waals surface area contributed by atoms with Crippen molar-refractivity contribution < 1.29 is 9.53 Å². The summed E-state index contributed by atoms with van der Waals surface area (Å²) in [6.45, 7) is 1.14. The number of hydrogen-bond acceptors (Lipinski definition) is 4. The molecule has 1 atom stereocenters. The lowest BCUT2D eigenvalue weighted by Crippen LogP contribution is -2.40. The second-order valence-corrected chi connectivity index (χ2v) is 5.02. The molecular formula is C15H25N3O2. The second-order valence-electron chi connectivity index (χ2n) is 5.02. The Balaban J connectivity index is 2.36. The summed E-state index contributed by atoms with van der Waals surface area (Å²) in [5.41, 5.74) is 8.01. The van der Waals surface area contributed by atoms with Crippen LogP contribution in [0.15, 0.2) is 24.3 Å². The highest BCUT2D eigenvalue weighted by molar-refractivity contribution is 5.81. The molecule has 0 aliphatic rings. The molecule has 0 aliphatic carbocycles. The van der Waals surface area contributed by atoms with Crippen LogP contribution in [0.2, 0.25) is 0 Å². The smallest absolute Gasteiger partial charge is 0.237 e. The molecule has 1 aromatic carbocycles. The van der Waals surface area contributed by atoms with Crippen molar-refractivity contribution in [1.82, 2.24) is 5.32 Å². The zero-order chi connectivity index (χ0) is 15.0. The van der Waals surface area contributed by atoms with Crippen molar-refractivity contribution in [3.8, 4) is 0 Å². The minimum absolute atomic E-state index is 0.113. The fourth-order valence-corrected chi connectivity index (χ4v) is 1.81. The lowest BCUT2D eigenvalue weighted by atomic mass is 10.1. The van der Waals surface area contributed by atoms with Crippen LogP contribution in [0.1, 0.15) is 18.4 Å². The molecule has 0 saturated carbocycles. The topological polar surface area (TPSA) is 67.6 Å². The lowest BCUT2D eigenvalue weighted by Gasteiger charge is -2.14. The van der Waals surface area contributed by atoms with Gasteiger partial charge in [0.2, 0.25) is 5.91 Å². The van der Waals surface area contributed by atoms with Crippen LogP contribution in [-0.2, 0) is 16.1 Å². The maximum atomic E-state index is 11.8. The first kappa shape index (κ1) is 16.5. The molecule has 0 radical (unpaired) electrons. The van der Waals surface area contributed by atoms with Gasteiger partial charge in [-0.3, -0.25) is 4.79 Å². The van der Waals surface area contributed by atoms with E-state index in [1.54, 1.807) is 7.11 Å². The van der Waals surface area contributed by atoms with Gasteiger partial charge in [-0.15, -0.1) is 0 Å². The van der Waals surface area contributed by atoms with Crippen LogP contribution in [0.4, 0.5) is 5.69 Å². The Morgan fingerprint density at radius 1 is 1.35 bits per heavy atom. The van der Waals surface area contributed by atoms with Crippen molar-refractivity contribution in [1.29, 1.82) is 0 Å². The fraction of sp³-hybridized carbons (Fsp3) is 0.533. The molecule has 1 amide bonds. The van der Waals surface area contributed by atoms with E-state index in [1.165, 1.54) is 0 Å². The molecule has 0 heterocycles. The van der Waals surface area contributed by atoms with E-state index in [-0.39, 0.29) is 5.91 Å². The number of nitrogens with zero attached hydrogens (tertiary/aromatic N) is 1. The van der Waals surface area contributed by atoms with Gasteiger partial charge < -0.3 is 20.7 Å². The molecule has 112 valence electrons. The van der Waals surface area contributed by atoms with Gasteiger partial charge in [-0.05, 0) is 30.5 Å². The molecular weight excluding hydrogens is 254 g/mol. The van der Waals surface area contributed by atoms with E-state index in [1.807, 2.05) is 43.3 Å². The number of nitrogens with one attached hydrogen (secondary N) is 1. The summed E-state index contributed by atoms with van der Waals surface area (Å²) in [5.74, 6) is -0.113. The van der Waals surface area contributed by atoms with Gasteiger partial charge in [0, 0.05) is 40.0 Å². The maximum Gasteiger partial charge on any atom is 0.237 e. The Bertz CT molecular complexity index is 404. The molecule has 5 nitrogen and oxygen atoms in total. The van der Waals surface area contributed by atoms with Crippen molar-refractivity contribution >= 4 is 11.6 Å². The monoisotopic (exact) mass is 279 g/mol. The van der Waals surface area contributed by atoms with Gasteiger partial charge in [0.1, 0.15) is 0 Å². The van der Waals surface area contributed by atoms with Gasteiger partial charge in [0.15, 0.2) is 0 Å². The van der Waals surface area contributed by atoms with Gasteiger partial charge in [-0.2, -0.15) is 0 Å². The number of methoxy groups -OCH3 is 1. The predicted molar refractivity (Wildman–Crippen MR) is 81.7 cm³/mol. The summed E-state index contributed by atoms with van der Waals surface area (Å²) in [7, 11) is 5.63. The van der Waals surface area contributed by atoms with Crippen LogP contribution in [0, 0.1) is 0 Å². The molecule has 0 bridgehead atoms. The van der Waals surface area contributed by atoms with E-state index < -0.39 is 6.04 Å². The minimum Gasteiger partial charge on any atom is -0.385 e. The molecule has 0 fully saturated rings. The van der Waals surface area contributed by atoms with Crippen molar-refractivity contribution in [2.45, 2.75) is 25.4 Å². The van der Waals surface area contributed by atoms with Gasteiger partial charge in [-0.1, -0.05) is 12.1 Å². The fourth-order valence-electron chi connectivity index (χ4n) is 1.81. The number of rotatable bonds is 8. The van der Waals surface area contributed by atoms with Crippen molar-refractivity contribution in [3.63, 3.8) is 0 Å². The van der Waals surface area contributed by atoms with Crippen molar-refractivity contribution in [3.05, 3.63) is 29.8 Å². The molecule has 0 aliphatic heterocycles. The number of anilines is 1. The number of amides is 1. The maximum absolute atomic E-state index is 11.8. The molecule has 0 saturated heterocycles. The van der Waals surface area contributed by atoms with Crippen LogP contribution >= 0.6 is 0 Å². The average Bonchev–Trinajstić information content (AvgIpc) is 2.45. The standard InChI is InChI=1S/C15H25N3O2/c1-18(2)13-8-6-12(7-9-13)11-17-15(19)14(16)5-4-10-20-3/h6-9,14H,4-5,10-11,16H2,1-3H3,(H,17,19). The molecule has 0 aromatic heterocycles. The Morgan fingerprint density at radius 3 is 2.55 bits per heavy atom. The summed E-state index contributed by atoms with van der Waals surface area (Å²) >= 11 is 0. The summed E-state index contributed by atoms with van der Waals surface area (Å²) in [5, 5.41) is 2.86. The molecule has 20 heavy (non-hydrogen) atoms. The SMILES string of the molecule is COCCCC(N)C(=O)NCc1ccc(N(C)C)cc1. The van der Waals surface area contributed by atoms with E-state index in [0.29, 0.717) is 19.6 Å². The minimum atomic E-state index is -0.466. The van der Waals surface area contributed by atoms with Crippen LogP contribution in [0.5, 0.6) is 0 Å². The van der Waals surface area contributed by atoms with E-state index in [4.69, 9.17) is 10.5 Å². The first-order valence-electron chi connectivity index (χ1n) is 6.83. The van der Waals surface area contributed by atoms with Gasteiger partial charge >= 0.3 is 0 Å². The van der Waals surface area contributed by atoms with Gasteiger partial charge in [0.05, 0.1) is 6.04 Å². The summed E-state index contributed by atoms with van der Waals surface area (Å²) in [4.78, 5) is 13.8. The highest BCUT2D eigenvalue weighted by Crippen LogP contribution is 2.12. The van der Waals surface area contributed by atoms with Crippen LogP contribution < -0.4 is 16.0 Å². The predicted octanol–water partition coefficient (Wildman–Crippen LogP) is 1.12. The van der Waals surface area contributed by atoms with Crippen LogP contribution in [-0.4, -0.2) is 39.8 Å². The Labute approximate surface area is 121 Å². The van der Waals surface area contributed by atoms with Gasteiger partial charge in [0.25, 0.3) is 0 Å². The molecule has 1 aromatic rings. The number of carbonyl (C=O) groups is 1. The number of nitrogens with two attached hydrogens (primary N) is 1. The number of hydrogen-bond donors (Lipinski definition) is 2. The number of benzene rings is 1. The zero-order valence-electron chi connectivity index (χ0n) is 12.6. The van der Waals surface area contributed by atoms with Crippen LogP contribution in [0.3, 0.4) is 0 Å². The van der Waals surface area contributed by atoms with Crippen molar-refractivity contribution in [2.75, 3.05) is 32.7 Å². The number of ether oxygens (including phenoxy) is 1. The quantitative estimate of drug-likeness (QED) is 0.700. The van der Waals surface area contributed by atoms with E-state index in [9.17, 15) is 4.79 Å². The van der Waals surface area contributed by atoms with E-state index in [2.05, 4.69) is 5.32 Å². The van der Waals surface area contributed by atoms with Crippen molar-refractivity contribution in [2.24, 2.45) is 5.73 Å². The third kappa shape index (κ3) is 5.59. The Morgan fingerprint density at radius 2 is 2.00 bits per heavy atom. The Hall–Kier alpha value is -1.59. The molecule has 1 rings (SSSR count). The number of carbonyl (C=O) groups excluding carboxylic acids is 1. The average molecular weight is 279 g/mol. The lowest BCUT2D eigenvalue weighted by molar-refractivity contribution is -0.122. The Kier molecular flexibility index (Phi) is 7.04. The molecule has 5 heteroatoms. The first-order chi connectivity index (χ1) is 9.54. The summed E-state index contributed by atoms with van der Waals surface area (Å²) in [6, 6.07) is 7.60. The summed E-state index contributed by atoms with van der Waals surface area (Å²) < 4.78 is 4.94. The third-order valence-corrected chi connectivity index (χ3v) is 3.12. The first-order valence-corrected chi connectivity index (χ1v) is 6.83. The molecule has 1 unspecified atom stereocenters. The second kappa shape index (κ2) is 8.55. The summed E-state index contributed by atoms with van der Waals surface area (Å²) in [6.07, 6.45) is 1.43. The zero-order valence-corrected chi connectivity index (χ0v) is 12.6. The highest BCUT2D eigenvalue weighted by Gasteiger charge is 2.12. The highest BCUT2D eigenvalue weighted by atomic mass is 16.5. The van der Waals surface area contributed by atoms with Crippen LogP contribution in [0.25, 0.3) is 0 Å². The molecule has 0 spiro atoms. The third-order valence-electron chi connectivity index (χ3n) is 3.12.